The number of pyridine rings is 1. The van der Waals surface area contributed by atoms with Gasteiger partial charge in [0, 0.05) is 31.3 Å². The standard InChI is InChI=1S/C35H43N5O7S/c1-21-9-13-26(29-14-10-22(2)20-36-29)30(16-21)37-34(44)47-24-17-27-28(18-24)32(42)40(3)15-7-5-4-6-8-23-19-35(23,38-31(27)41)33(43)39-48(45,46)25-11-12-25/h6,8-10,13-14,16,20,23-25,27-28H,4-5,7,11-12,15,17-19H2,1-3H3,(H,37,44)(H,38,41)(H,39,43)/t23-,24-,27-,28-,35-/m1/s1. The number of benzene rings is 1. The minimum Gasteiger partial charge on any atom is -0.446 e. The number of anilines is 1. The van der Waals surface area contributed by atoms with Crippen LogP contribution in [0, 0.1) is 31.6 Å². The van der Waals surface area contributed by atoms with Crippen molar-refractivity contribution in [3.8, 4) is 11.3 Å². The van der Waals surface area contributed by atoms with Gasteiger partial charge in [-0.15, -0.1) is 0 Å². The zero-order valence-electron chi connectivity index (χ0n) is 27.5. The molecule has 3 saturated carbocycles. The number of fused-ring (bicyclic) bond motifs is 2. The van der Waals surface area contributed by atoms with Crippen molar-refractivity contribution in [2.24, 2.45) is 17.8 Å². The lowest BCUT2D eigenvalue weighted by molar-refractivity contribution is -0.140. The van der Waals surface area contributed by atoms with Gasteiger partial charge in [0.2, 0.25) is 21.8 Å². The maximum Gasteiger partial charge on any atom is 0.411 e. The van der Waals surface area contributed by atoms with Crippen LogP contribution < -0.4 is 15.4 Å². The van der Waals surface area contributed by atoms with Gasteiger partial charge in [0.25, 0.3) is 5.91 Å². The monoisotopic (exact) mass is 677 g/mol. The Kier molecular flexibility index (Phi) is 9.34. The van der Waals surface area contributed by atoms with Crippen molar-refractivity contribution in [2.75, 3.05) is 18.9 Å². The van der Waals surface area contributed by atoms with E-state index < -0.39 is 56.7 Å². The van der Waals surface area contributed by atoms with E-state index in [0.717, 1.165) is 30.4 Å². The molecule has 12 nitrogen and oxygen atoms in total. The number of hydrogen-bond donors (Lipinski definition) is 3. The van der Waals surface area contributed by atoms with Crippen molar-refractivity contribution in [3.63, 3.8) is 0 Å². The maximum absolute atomic E-state index is 14.0. The van der Waals surface area contributed by atoms with Gasteiger partial charge < -0.3 is 15.0 Å². The summed E-state index contributed by atoms with van der Waals surface area (Å²) in [6.07, 6.45) is 7.84. The lowest BCUT2D eigenvalue weighted by atomic mass is 9.93. The molecule has 1 aromatic heterocycles. The van der Waals surface area contributed by atoms with Crippen LogP contribution in [0.25, 0.3) is 11.3 Å². The number of aryl methyl sites for hydroxylation is 2. The van der Waals surface area contributed by atoms with E-state index in [1.54, 1.807) is 18.1 Å². The van der Waals surface area contributed by atoms with Gasteiger partial charge in [-0.25, -0.2) is 13.2 Å². The average Bonchev–Trinajstić information content (AvgIpc) is 3.96. The predicted molar refractivity (Wildman–Crippen MR) is 179 cm³/mol. The Balaban J connectivity index is 1.20. The molecule has 5 atom stereocenters. The summed E-state index contributed by atoms with van der Waals surface area (Å²) in [6, 6.07) is 9.44. The topological polar surface area (TPSA) is 164 Å². The number of allylic oxidation sites excluding steroid dienone is 1. The first-order chi connectivity index (χ1) is 22.9. The summed E-state index contributed by atoms with van der Waals surface area (Å²) in [5.74, 6) is -3.57. The molecule has 0 bridgehead atoms. The van der Waals surface area contributed by atoms with Crippen molar-refractivity contribution in [3.05, 3.63) is 59.8 Å². The Bertz CT molecular complexity index is 1740. The van der Waals surface area contributed by atoms with Gasteiger partial charge in [-0.3, -0.25) is 29.4 Å². The molecular weight excluding hydrogens is 634 g/mol. The van der Waals surface area contributed by atoms with Gasteiger partial charge in [0.15, 0.2) is 0 Å². The number of ether oxygens (including phenoxy) is 1. The summed E-state index contributed by atoms with van der Waals surface area (Å²) in [6.45, 7) is 4.37. The Morgan fingerprint density at radius 2 is 1.79 bits per heavy atom. The second-order valence-corrected chi connectivity index (χ2v) is 15.7. The molecule has 0 spiro atoms. The van der Waals surface area contributed by atoms with Crippen LogP contribution in [0.5, 0.6) is 0 Å². The number of carbonyl (C=O) groups excluding carboxylic acids is 4. The van der Waals surface area contributed by atoms with Crippen LogP contribution in [0.3, 0.4) is 0 Å². The first-order valence-corrected chi connectivity index (χ1v) is 18.2. The Labute approximate surface area is 281 Å². The molecule has 2 aromatic rings. The van der Waals surface area contributed by atoms with Gasteiger partial charge in [-0.05, 0) is 88.5 Å². The molecule has 13 heteroatoms. The highest BCUT2D eigenvalue weighted by Crippen LogP contribution is 2.47. The number of amides is 4. The first kappa shape index (κ1) is 33.6. The van der Waals surface area contributed by atoms with E-state index in [2.05, 4.69) is 20.3 Å². The van der Waals surface area contributed by atoms with Gasteiger partial charge >= 0.3 is 6.09 Å². The SMILES string of the molecule is Cc1ccc(-c2ccc(C)cc2NC(=O)O[C@@H]2C[C@H]3C(=O)N[C@]4(C(=O)NS(=O)(=O)C5CC5)C[C@H]4C=CCCCCN(C)C(=O)[C@@H]3C2)nc1. The molecule has 1 aliphatic heterocycles. The number of hydrogen-bond acceptors (Lipinski definition) is 8. The average molecular weight is 678 g/mol. The molecule has 0 radical (unpaired) electrons. The molecule has 0 unspecified atom stereocenters. The molecule has 4 amide bonds. The minimum atomic E-state index is -3.84. The molecule has 2 heterocycles. The molecule has 48 heavy (non-hydrogen) atoms. The van der Waals surface area contributed by atoms with Crippen LogP contribution >= 0.6 is 0 Å². The molecule has 6 rings (SSSR count). The minimum absolute atomic E-state index is 0.0717. The van der Waals surface area contributed by atoms with Crippen LogP contribution in [0.15, 0.2) is 48.7 Å². The number of carbonyl (C=O) groups is 4. The first-order valence-electron chi connectivity index (χ1n) is 16.7. The lowest BCUT2D eigenvalue weighted by Crippen LogP contribution is -2.54. The second-order valence-electron chi connectivity index (χ2n) is 13.7. The molecule has 3 aliphatic carbocycles. The fourth-order valence-electron chi connectivity index (χ4n) is 6.79. The van der Waals surface area contributed by atoms with E-state index in [9.17, 15) is 27.6 Å². The van der Waals surface area contributed by atoms with Gasteiger partial charge in [0.1, 0.15) is 11.6 Å². The molecule has 0 saturated heterocycles. The van der Waals surface area contributed by atoms with Gasteiger partial charge in [-0.1, -0.05) is 30.4 Å². The molecule has 3 fully saturated rings. The van der Waals surface area contributed by atoms with E-state index in [-0.39, 0.29) is 31.1 Å². The number of aromatic nitrogens is 1. The normalized spacial score (nSPS) is 27.6. The third-order valence-corrected chi connectivity index (χ3v) is 11.7. The quantitative estimate of drug-likeness (QED) is 0.387. The summed E-state index contributed by atoms with van der Waals surface area (Å²) < 4.78 is 33.4. The van der Waals surface area contributed by atoms with Crippen molar-refractivity contribution in [2.45, 2.75) is 82.1 Å². The fraction of sp³-hybridized carbons (Fsp3) is 0.514. The Hall–Kier alpha value is -4.26. The summed E-state index contributed by atoms with van der Waals surface area (Å²) in [7, 11) is -2.14. The van der Waals surface area contributed by atoms with Crippen molar-refractivity contribution in [1.29, 1.82) is 0 Å². The summed E-state index contributed by atoms with van der Waals surface area (Å²) >= 11 is 0. The fourth-order valence-corrected chi connectivity index (χ4v) is 8.16. The van der Waals surface area contributed by atoms with E-state index in [0.29, 0.717) is 36.3 Å². The van der Waals surface area contributed by atoms with Crippen LogP contribution in [0.2, 0.25) is 0 Å². The molecular formula is C35H43N5O7S. The van der Waals surface area contributed by atoms with E-state index in [1.165, 1.54) is 0 Å². The zero-order chi connectivity index (χ0) is 34.2. The van der Waals surface area contributed by atoms with E-state index in [4.69, 9.17) is 4.74 Å². The molecule has 3 N–H and O–H groups in total. The van der Waals surface area contributed by atoms with E-state index >= 15 is 0 Å². The highest BCUT2D eigenvalue weighted by Gasteiger charge is 2.62. The summed E-state index contributed by atoms with van der Waals surface area (Å²) in [5.41, 5.74) is 2.42. The maximum atomic E-state index is 14.0. The third-order valence-electron chi connectivity index (χ3n) is 9.87. The largest absolute Gasteiger partial charge is 0.446 e. The van der Waals surface area contributed by atoms with Crippen LogP contribution in [-0.4, -0.2) is 72.6 Å². The van der Waals surface area contributed by atoms with Crippen molar-refractivity contribution < 1.29 is 32.3 Å². The van der Waals surface area contributed by atoms with Crippen LogP contribution in [0.4, 0.5) is 10.5 Å². The number of sulfonamides is 1. The third kappa shape index (κ3) is 7.25. The van der Waals surface area contributed by atoms with Crippen LogP contribution in [-0.2, 0) is 29.1 Å². The number of nitrogens with zero attached hydrogens (tertiary/aromatic N) is 2. The smallest absolute Gasteiger partial charge is 0.411 e. The molecule has 4 aliphatic rings. The summed E-state index contributed by atoms with van der Waals surface area (Å²) in [4.78, 5) is 60.5. The van der Waals surface area contributed by atoms with E-state index in [1.807, 2.05) is 56.3 Å². The van der Waals surface area contributed by atoms with Gasteiger partial charge in [-0.2, -0.15) is 0 Å². The van der Waals surface area contributed by atoms with Gasteiger partial charge in [0.05, 0.1) is 28.5 Å². The Morgan fingerprint density at radius 1 is 1.04 bits per heavy atom. The number of rotatable bonds is 6. The summed E-state index contributed by atoms with van der Waals surface area (Å²) in [5, 5.41) is 5.10. The van der Waals surface area contributed by atoms with Crippen LogP contribution in [0.1, 0.15) is 62.5 Å². The second kappa shape index (κ2) is 13.3. The highest BCUT2D eigenvalue weighted by molar-refractivity contribution is 7.91. The van der Waals surface area contributed by atoms with Crippen molar-refractivity contribution in [1.82, 2.24) is 19.9 Å². The lowest BCUT2D eigenvalue weighted by Gasteiger charge is -2.26. The Morgan fingerprint density at radius 3 is 2.52 bits per heavy atom. The predicted octanol–water partition coefficient (Wildman–Crippen LogP) is 3.99. The molecule has 256 valence electrons. The number of nitrogens with one attached hydrogen (secondary N) is 3. The zero-order valence-corrected chi connectivity index (χ0v) is 28.3. The highest BCUT2D eigenvalue weighted by atomic mass is 32.2. The molecule has 1 aromatic carbocycles. The van der Waals surface area contributed by atoms with Crippen molar-refractivity contribution >= 4 is 39.5 Å².